The first kappa shape index (κ1) is 14.0. The van der Waals surface area contributed by atoms with E-state index in [2.05, 4.69) is 0 Å². The van der Waals surface area contributed by atoms with Gasteiger partial charge in [-0.25, -0.2) is 0 Å². The number of hydroxylamine groups is 1. The maximum absolute atomic E-state index is 9.33. The summed E-state index contributed by atoms with van der Waals surface area (Å²) in [5, 5.41) is 35.9. The van der Waals surface area contributed by atoms with Crippen LogP contribution < -0.4 is 11.2 Å². The maximum Gasteiger partial charge on any atom is 0.148 e. The van der Waals surface area contributed by atoms with Crippen LogP contribution in [0.25, 0.3) is 0 Å². The second kappa shape index (κ2) is 5.79. The molecule has 0 bridgehead atoms. The van der Waals surface area contributed by atoms with Gasteiger partial charge in [-0.3, -0.25) is 0 Å². The predicted molar refractivity (Wildman–Crippen MR) is 47.9 cm³/mol. The van der Waals surface area contributed by atoms with Crippen molar-refractivity contribution in [2.24, 2.45) is 5.73 Å². The van der Waals surface area contributed by atoms with Gasteiger partial charge in [0.25, 0.3) is 0 Å². The summed E-state index contributed by atoms with van der Waals surface area (Å²) in [6.07, 6.45) is -4.42. The Kier molecular flexibility index (Phi) is 5.79. The van der Waals surface area contributed by atoms with Crippen LogP contribution in [0, 0.1) is 0 Å². The van der Waals surface area contributed by atoms with E-state index in [1.807, 2.05) is 0 Å². The van der Waals surface area contributed by atoms with Crippen molar-refractivity contribution in [3.63, 3.8) is 0 Å². The molecule has 14 heavy (non-hydrogen) atoms. The van der Waals surface area contributed by atoms with Crippen LogP contribution in [0.2, 0.25) is 0 Å². The summed E-state index contributed by atoms with van der Waals surface area (Å²) in [4.78, 5) is 0. The Morgan fingerprint density at radius 1 is 1.29 bits per heavy atom. The molecule has 1 saturated heterocycles. The highest BCUT2D eigenvalue weighted by atomic mass is 35.5. The average Bonchev–Trinajstić information content (AvgIpc) is 2.15. The van der Waals surface area contributed by atoms with Crippen molar-refractivity contribution in [2.45, 2.75) is 30.6 Å². The first-order chi connectivity index (χ1) is 6.11. The maximum atomic E-state index is 9.33. The SMILES string of the molecule is Cl.NC1C(NO)OC(CO)C(O)C1O. The molecule has 1 aliphatic rings. The molecule has 0 amide bonds. The molecular weight excluding hydrogens is 216 g/mol. The van der Waals surface area contributed by atoms with E-state index in [9.17, 15) is 10.2 Å². The topological polar surface area (TPSA) is 128 Å². The van der Waals surface area contributed by atoms with Crippen molar-refractivity contribution in [1.82, 2.24) is 5.48 Å². The van der Waals surface area contributed by atoms with E-state index < -0.39 is 37.2 Å². The molecule has 5 atom stereocenters. The number of rotatable bonds is 2. The van der Waals surface area contributed by atoms with Crippen LogP contribution in [0.4, 0.5) is 0 Å². The summed E-state index contributed by atoms with van der Waals surface area (Å²) in [7, 11) is 0. The van der Waals surface area contributed by atoms with Gasteiger partial charge in [-0.15, -0.1) is 12.4 Å². The zero-order chi connectivity index (χ0) is 10.0. The summed E-state index contributed by atoms with van der Waals surface area (Å²) in [6.45, 7) is -0.455. The van der Waals surface area contributed by atoms with Crippen molar-refractivity contribution >= 4 is 12.4 Å². The molecular formula is C6H15ClN2O5. The molecule has 8 heteroatoms. The van der Waals surface area contributed by atoms with Crippen LogP contribution in [-0.2, 0) is 4.74 Å². The second-order valence-electron chi connectivity index (χ2n) is 2.97. The number of hydrogen-bond donors (Lipinski definition) is 6. The zero-order valence-corrected chi connectivity index (χ0v) is 8.09. The van der Waals surface area contributed by atoms with Gasteiger partial charge in [0.05, 0.1) is 12.6 Å². The molecule has 0 spiro atoms. The number of hydrogen-bond acceptors (Lipinski definition) is 7. The quantitative estimate of drug-likeness (QED) is 0.282. The number of aliphatic hydroxyl groups is 3. The summed E-state index contributed by atoms with van der Waals surface area (Å²) in [6, 6.07) is -0.942. The highest BCUT2D eigenvalue weighted by Crippen LogP contribution is 2.17. The van der Waals surface area contributed by atoms with Crippen molar-refractivity contribution in [2.75, 3.05) is 6.61 Å². The lowest BCUT2D eigenvalue weighted by molar-refractivity contribution is -0.217. The second-order valence-corrected chi connectivity index (χ2v) is 2.97. The van der Waals surface area contributed by atoms with E-state index in [0.717, 1.165) is 0 Å². The molecule has 0 aromatic heterocycles. The molecule has 86 valence electrons. The van der Waals surface area contributed by atoms with Gasteiger partial charge in [0.2, 0.25) is 0 Å². The molecule has 0 aromatic rings. The number of nitrogens with two attached hydrogens (primary N) is 1. The predicted octanol–water partition coefficient (Wildman–Crippen LogP) is -2.85. The highest BCUT2D eigenvalue weighted by molar-refractivity contribution is 5.85. The number of nitrogens with one attached hydrogen (secondary N) is 1. The largest absolute Gasteiger partial charge is 0.394 e. The third kappa shape index (κ3) is 2.53. The van der Waals surface area contributed by atoms with Gasteiger partial charge in [0.15, 0.2) is 0 Å². The van der Waals surface area contributed by atoms with Crippen molar-refractivity contribution in [3.8, 4) is 0 Å². The third-order valence-corrected chi connectivity index (χ3v) is 2.10. The Labute approximate surface area is 86.8 Å². The first-order valence-electron chi connectivity index (χ1n) is 3.89. The Balaban J connectivity index is 0.00000169. The normalized spacial score (nSPS) is 43.1. The van der Waals surface area contributed by atoms with Gasteiger partial charge >= 0.3 is 0 Å². The molecule has 5 unspecified atom stereocenters. The summed E-state index contributed by atoms with van der Waals surface area (Å²) in [5.41, 5.74) is 7.14. The number of aliphatic hydroxyl groups excluding tert-OH is 3. The molecule has 7 N–H and O–H groups in total. The smallest absolute Gasteiger partial charge is 0.148 e. The molecule has 0 saturated carbocycles. The molecule has 1 rings (SSSR count). The van der Waals surface area contributed by atoms with Gasteiger partial charge in [-0.2, -0.15) is 5.48 Å². The van der Waals surface area contributed by atoms with E-state index in [-0.39, 0.29) is 12.4 Å². The van der Waals surface area contributed by atoms with Crippen molar-refractivity contribution in [3.05, 3.63) is 0 Å². The van der Waals surface area contributed by atoms with E-state index in [1.54, 1.807) is 5.48 Å². The zero-order valence-electron chi connectivity index (χ0n) is 7.28. The molecule has 1 heterocycles. The Morgan fingerprint density at radius 3 is 2.29 bits per heavy atom. The van der Waals surface area contributed by atoms with Gasteiger partial charge in [-0.05, 0) is 0 Å². The molecule has 0 radical (unpaired) electrons. The standard InChI is InChI=1S/C6H14N2O5.ClH/c7-3-5(11)4(10)2(1-9)13-6(3)8-12;/h2-6,8-12H,1,7H2;1H. The molecule has 1 fully saturated rings. The van der Waals surface area contributed by atoms with E-state index >= 15 is 0 Å². The van der Waals surface area contributed by atoms with Gasteiger partial charge in [0.1, 0.15) is 24.5 Å². The van der Waals surface area contributed by atoms with Crippen LogP contribution in [0.15, 0.2) is 0 Å². The van der Waals surface area contributed by atoms with Gasteiger partial charge < -0.3 is 31.0 Å². The van der Waals surface area contributed by atoms with Crippen LogP contribution in [-0.4, -0.2) is 57.7 Å². The average molecular weight is 231 g/mol. The molecule has 1 aliphatic heterocycles. The van der Waals surface area contributed by atoms with E-state index in [0.29, 0.717) is 0 Å². The fourth-order valence-electron chi connectivity index (χ4n) is 1.25. The minimum atomic E-state index is -1.25. The minimum Gasteiger partial charge on any atom is -0.394 e. The van der Waals surface area contributed by atoms with Crippen molar-refractivity contribution < 1.29 is 25.3 Å². The summed E-state index contributed by atoms with van der Waals surface area (Å²) >= 11 is 0. The lowest BCUT2D eigenvalue weighted by Crippen LogP contribution is -2.65. The first-order valence-corrected chi connectivity index (χ1v) is 3.89. The lowest BCUT2D eigenvalue weighted by Gasteiger charge is -2.39. The minimum absolute atomic E-state index is 0. The molecule has 0 aliphatic carbocycles. The fraction of sp³-hybridized carbons (Fsp3) is 1.00. The van der Waals surface area contributed by atoms with E-state index in [4.69, 9.17) is 20.8 Å². The van der Waals surface area contributed by atoms with Crippen LogP contribution in [0.5, 0.6) is 0 Å². The Morgan fingerprint density at radius 2 is 1.86 bits per heavy atom. The summed E-state index contributed by atoms with van der Waals surface area (Å²) in [5.74, 6) is 0. The van der Waals surface area contributed by atoms with Crippen LogP contribution in [0.3, 0.4) is 0 Å². The highest BCUT2D eigenvalue weighted by Gasteiger charge is 2.42. The van der Waals surface area contributed by atoms with Gasteiger partial charge in [-0.1, -0.05) is 0 Å². The van der Waals surface area contributed by atoms with Crippen LogP contribution >= 0.6 is 12.4 Å². The number of ether oxygens (including phenoxy) is 1. The molecule has 7 nitrogen and oxygen atoms in total. The molecule has 0 aromatic carbocycles. The van der Waals surface area contributed by atoms with E-state index in [1.165, 1.54) is 0 Å². The van der Waals surface area contributed by atoms with Gasteiger partial charge in [0, 0.05) is 0 Å². The monoisotopic (exact) mass is 230 g/mol. The van der Waals surface area contributed by atoms with Crippen LogP contribution in [0.1, 0.15) is 0 Å². The Bertz CT molecular complexity index is 154. The lowest BCUT2D eigenvalue weighted by atomic mass is 9.97. The van der Waals surface area contributed by atoms with Crippen molar-refractivity contribution in [1.29, 1.82) is 0 Å². The Hall–Kier alpha value is 0.01000. The third-order valence-electron chi connectivity index (χ3n) is 2.10. The fourth-order valence-corrected chi connectivity index (χ4v) is 1.25. The number of halogens is 1. The summed E-state index contributed by atoms with van der Waals surface area (Å²) < 4.78 is 4.93.